The van der Waals surface area contributed by atoms with E-state index in [9.17, 15) is 9.59 Å². The maximum absolute atomic E-state index is 11.9. The molecule has 1 fully saturated rings. The molecule has 1 aliphatic rings. The highest BCUT2D eigenvalue weighted by molar-refractivity contribution is 5.81. The van der Waals surface area contributed by atoms with E-state index in [0.717, 1.165) is 25.0 Å². The van der Waals surface area contributed by atoms with Gasteiger partial charge in [0.05, 0.1) is 6.61 Å². The summed E-state index contributed by atoms with van der Waals surface area (Å²) in [4.78, 5) is 23.6. The SMILES string of the molecule is CCOc1ccc(OCC(=O)OCC(=O)N[C@@H]2CCCC[C@@H]2C)cc1. The van der Waals surface area contributed by atoms with E-state index >= 15 is 0 Å². The summed E-state index contributed by atoms with van der Waals surface area (Å²) in [6.45, 7) is 4.14. The number of carbonyl (C=O) groups is 2. The van der Waals surface area contributed by atoms with Gasteiger partial charge in [-0.15, -0.1) is 0 Å². The zero-order valence-electron chi connectivity index (χ0n) is 15.0. The number of rotatable bonds is 8. The molecule has 0 saturated heterocycles. The van der Waals surface area contributed by atoms with Crippen molar-refractivity contribution in [1.82, 2.24) is 5.32 Å². The molecule has 1 N–H and O–H groups in total. The minimum absolute atomic E-state index is 0.181. The number of carbonyl (C=O) groups excluding carboxylic acids is 2. The summed E-state index contributed by atoms with van der Waals surface area (Å²) in [5.74, 6) is 0.928. The largest absolute Gasteiger partial charge is 0.494 e. The smallest absolute Gasteiger partial charge is 0.344 e. The third kappa shape index (κ3) is 6.64. The lowest BCUT2D eigenvalue weighted by molar-refractivity contribution is -0.150. The molecule has 0 bridgehead atoms. The molecule has 1 saturated carbocycles. The molecule has 1 amide bonds. The van der Waals surface area contributed by atoms with Crippen LogP contribution >= 0.6 is 0 Å². The van der Waals surface area contributed by atoms with E-state index in [0.29, 0.717) is 18.3 Å². The Balaban J connectivity index is 1.65. The van der Waals surface area contributed by atoms with Crippen molar-refractivity contribution in [2.45, 2.75) is 45.6 Å². The van der Waals surface area contributed by atoms with Crippen LogP contribution in [0.15, 0.2) is 24.3 Å². The van der Waals surface area contributed by atoms with Gasteiger partial charge < -0.3 is 19.5 Å². The van der Waals surface area contributed by atoms with Crippen molar-refractivity contribution >= 4 is 11.9 Å². The Morgan fingerprint density at radius 2 is 1.68 bits per heavy atom. The number of amides is 1. The lowest BCUT2D eigenvalue weighted by atomic mass is 9.86. The monoisotopic (exact) mass is 349 g/mol. The third-order valence-corrected chi connectivity index (χ3v) is 4.31. The minimum Gasteiger partial charge on any atom is -0.494 e. The van der Waals surface area contributed by atoms with Gasteiger partial charge in [0.1, 0.15) is 11.5 Å². The molecular formula is C19H27NO5. The summed E-state index contributed by atoms with van der Waals surface area (Å²) in [7, 11) is 0. The maximum atomic E-state index is 11.9. The Labute approximate surface area is 148 Å². The summed E-state index contributed by atoms with van der Waals surface area (Å²) >= 11 is 0. The van der Waals surface area contributed by atoms with E-state index in [1.807, 2.05) is 6.92 Å². The number of hydrogen-bond donors (Lipinski definition) is 1. The summed E-state index contributed by atoms with van der Waals surface area (Å²) < 4.78 is 15.6. The molecule has 1 aromatic rings. The number of benzene rings is 1. The fourth-order valence-corrected chi connectivity index (χ4v) is 2.91. The molecule has 0 aromatic heterocycles. The summed E-state index contributed by atoms with van der Waals surface area (Å²) in [5, 5.41) is 2.95. The molecule has 0 spiro atoms. The van der Waals surface area contributed by atoms with Crippen LogP contribution in [0.3, 0.4) is 0 Å². The van der Waals surface area contributed by atoms with E-state index in [4.69, 9.17) is 14.2 Å². The van der Waals surface area contributed by atoms with Crippen LogP contribution in [-0.2, 0) is 14.3 Å². The zero-order valence-corrected chi connectivity index (χ0v) is 15.0. The van der Waals surface area contributed by atoms with Gasteiger partial charge in [-0.2, -0.15) is 0 Å². The lowest BCUT2D eigenvalue weighted by Crippen LogP contribution is -2.43. The molecule has 2 rings (SSSR count). The number of esters is 1. The Hall–Kier alpha value is -2.24. The fourth-order valence-electron chi connectivity index (χ4n) is 2.91. The minimum atomic E-state index is -0.569. The standard InChI is InChI=1S/C19H27NO5/c1-3-23-15-8-10-16(11-9-15)24-13-19(22)25-12-18(21)20-17-7-5-4-6-14(17)2/h8-11,14,17H,3-7,12-13H2,1-2H3,(H,20,21)/t14-,17+/m0/s1. The van der Waals surface area contributed by atoms with Crippen LogP contribution in [-0.4, -0.2) is 37.7 Å². The van der Waals surface area contributed by atoms with E-state index in [1.165, 1.54) is 6.42 Å². The van der Waals surface area contributed by atoms with E-state index in [2.05, 4.69) is 12.2 Å². The van der Waals surface area contributed by atoms with Gasteiger partial charge in [0.15, 0.2) is 13.2 Å². The molecule has 0 aliphatic heterocycles. The molecule has 6 nitrogen and oxygen atoms in total. The lowest BCUT2D eigenvalue weighted by Gasteiger charge is -2.29. The highest BCUT2D eigenvalue weighted by Crippen LogP contribution is 2.23. The average molecular weight is 349 g/mol. The van der Waals surface area contributed by atoms with Crippen LogP contribution in [0.2, 0.25) is 0 Å². The molecule has 2 atom stereocenters. The van der Waals surface area contributed by atoms with Gasteiger partial charge in [-0.1, -0.05) is 19.8 Å². The Morgan fingerprint density at radius 3 is 2.32 bits per heavy atom. The molecule has 25 heavy (non-hydrogen) atoms. The molecule has 1 aromatic carbocycles. The molecular weight excluding hydrogens is 322 g/mol. The van der Waals surface area contributed by atoms with E-state index in [1.54, 1.807) is 24.3 Å². The quantitative estimate of drug-likeness (QED) is 0.731. The molecule has 1 aliphatic carbocycles. The van der Waals surface area contributed by atoms with Crippen molar-refractivity contribution in [3.05, 3.63) is 24.3 Å². The van der Waals surface area contributed by atoms with Crippen molar-refractivity contribution in [3.8, 4) is 11.5 Å². The molecule has 0 heterocycles. The van der Waals surface area contributed by atoms with E-state index in [-0.39, 0.29) is 25.2 Å². The van der Waals surface area contributed by atoms with Gasteiger partial charge in [0.2, 0.25) is 0 Å². The van der Waals surface area contributed by atoms with Gasteiger partial charge in [0, 0.05) is 6.04 Å². The van der Waals surface area contributed by atoms with Crippen LogP contribution in [0.4, 0.5) is 0 Å². The van der Waals surface area contributed by atoms with Crippen LogP contribution in [0, 0.1) is 5.92 Å². The Bertz CT molecular complexity index is 557. The molecule has 6 heteroatoms. The second-order valence-electron chi connectivity index (χ2n) is 6.29. The maximum Gasteiger partial charge on any atom is 0.344 e. The topological polar surface area (TPSA) is 73.9 Å². The number of nitrogens with one attached hydrogen (secondary N) is 1. The summed E-state index contributed by atoms with van der Waals surface area (Å²) in [6.07, 6.45) is 4.46. The first-order valence-corrected chi connectivity index (χ1v) is 8.89. The first kappa shape index (κ1) is 19.1. The third-order valence-electron chi connectivity index (χ3n) is 4.31. The van der Waals surface area contributed by atoms with E-state index < -0.39 is 5.97 Å². The molecule has 138 valence electrons. The van der Waals surface area contributed by atoms with Crippen LogP contribution < -0.4 is 14.8 Å². The highest BCUT2D eigenvalue weighted by Gasteiger charge is 2.23. The second-order valence-corrected chi connectivity index (χ2v) is 6.29. The summed E-state index contributed by atoms with van der Waals surface area (Å²) in [5.41, 5.74) is 0. The van der Waals surface area contributed by atoms with Crippen molar-refractivity contribution in [1.29, 1.82) is 0 Å². The molecule has 0 unspecified atom stereocenters. The Morgan fingerprint density at radius 1 is 1.04 bits per heavy atom. The summed E-state index contributed by atoms with van der Waals surface area (Å²) in [6, 6.07) is 7.15. The average Bonchev–Trinajstić information content (AvgIpc) is 2.61. The zero-order chi connectivity index (χ0) is 18.1. The van der Waals surface area contributed by atoms with Gasteiger partial charge >= 0.3 is 5.97 Å². The van der Waals surface area contributed by atoms with Crippen LogP contribution in [0.1, 0.15) is 39.5 Å². The van der Waals surface area contributed by atoms with Crippen molar-refractivity contribution in [2.24, 2.45) is 5.92 Å². The van der Waals surface area contributed by atoms with Crippen molar-refractivity contribution < 1.29 is 23.8 Å². The number of ether oxygens (including phenoxy) is 3. The van der Waals surface area contributed by atoms with Gasteiger partial charge in [-0.25, -0.2) is 4.79 Å². The van der Waals surface area contributed by atoms with Gasteiger partial charge in [0.25, 0.3) is 5.91 Å². The van der Waals surface area contributed by atoms with Crippen molar-refractivity contribution in [3.63, 3.8) is 0 Å². The predicted octanol–water partition coefficient (Wildman–Crippen LogP) is 2.70. The van der Waals surface area contributed by atoms with Crippen LogP contribution in [0.5, 0.6) is 11.5 Å². The van der Waals surface area contributed by atoms with Crippen LogP contribution in [0.25, 0.3) is 0 Å². The first-order chi connectivity index (χ1) is 12.1. The Kier molecular flexibility index (Phi) is 7.57. The van der Waals surface area contributed by atoms with Crippen molar-refractivity contribution in [2.75, 3.05) is 19.8 Å². The highest BCUT2D eigenvalue weighted by atomic mass is 16.6. The second kappa shape index (κ2) is 9.91. The van der Waals surface area contributed by atoms with Gasteiger partial charge in [-0.05, 0) is 49.9 Å². The van der Waals surface area contributed by atoms with Gasteiger partial charge in [-0.3, -0.25) is 4.79 Å². The number of hydrogen-bond acceptors (Lipinski definition) is 5. The molecule has 0 radical (unpaired) electrons. The normalized spacial score (nSPS) is 19.8. The first-order valence-electron chi connectivity index (χ1n) is 8.89. The fraction of sp³-hybridized carbons (Fsp3) is 0.579. The predicted molar refractivity (Wildman–Crippen MR) is 93.6 cm³/mol.